The number of nitrogens with two attached hydrogens (primary N) is 1. The number of rotatable bonds is 4. The molecule has 0 unspecified atom stereocenters. The average molecular weight is 361 g/mol. The molecule has 2 N–H and O–H groups in total. The number of sulfonamides is 1. The molecular weight excluding hydrogens is 338 g/mol. The Morgan fingerprint density at radius 1 is 1.04 bits per heavy atom. The molecule has 0 bridgehead atoms. The van der Waals surface area contributed by atoms with E-state index in [1.54, 1.807) is 12.1 Å². The molecule has 0 amide bonds. The Kier molecular flexibility index (Phi) is 4.21. The minimum atomic E-state index is -3.50. The van der Waals surface area contributed by atoms with Crippen LogP contribution < -0.4 is 10.6 Å². The first-order chi connectivity index (χ1) is 12.1. The number of benzene rings is 1. The SMILES string of the molecule is Nc1cccc2c1CCCN2Cc1ccc(S(=O)(=O)N2CCCC2)o1. The molecule has 0 aliphatic carbocycles. The molecule has 6 nitrogen and oxygen atoms in total. The van der Waals surface area contributed by atoms with Crippen LogP contribution in [0.5, 0.6) is 0 Å². The van der Waals surface area contributed by atoms with Crippen LogP contribution in [0.15, 0.2) is 39.8 Å². The summed E-state index contributed by atoms with van der Waals surface area (Å²) in [5.41, 5.74) is 9.20. The third kappa shape index (κ3) is 3.02. The van der Waals surface area contributed by atoms with Crippen molar-refractivity contribution in [2.75, 3.05) is 30.3 Å². The van der Waals surface area contributed by atoms with Gasteiger partial charge in [-0.2, -0.15) is 4.31 Å². The maximum atomic E-state index is 12.6. The Hall–Kier alpha value is -1.99. The van der Waals surface area contributed by atoms with Crippen molar-refractivity contribution in [3.8, 4) is 0 Å². The van der Waals surface area contributed by atoms with E-state index in [0.717, 1.165) is 43.6 Å². The first kappa shape index (κ1) is 16.5. The summed E-state index contributed by atoms with van der Waals surface area (Å²) in [5, 5.41) is 0.0502. The number of nitrogen functional groups attached to an aromatic ring is 1. The minimum absolute atomic E-state index is 0.0502. The van der Waals surface area contributed by atoms with Crippen LogP contribution in [0.3, 0.4) is 0 Å². The van der Waals surface area contributed by atoms with E-state index in [0.29, 0.717) is 25.4 Å². The van der Waals surface area contributed by atoms with Gasteiger partial charge < -0.3 is 15.1 Å². The molecule has 1 aromatic heterocycles. The highest BCUT2D eigenvalue weighted by Crippen LogP contribution is 2.33. The molecule has 7 heteroatoms. The lowest BCUT2D eigenvalue weighted by Crippen LogP contribution is -2.29. The largest absolute Gasteiger partial charge is 0.446 e. The molecule has 1 fully saturated rings. The van der Waals surface area contributed by atoms with E-state index in [-0.39, 0.29) is 5.09 Å². The molecule has 1 saturated heterocycles. The van der Waals surface area contributed by atoms with Crippen molar-refractivity contribution >= 4 is 21.4 Å². The van der Waals surface area contributed by atoms with E-state index in [1.165, 1.54) is 9.87 Å². The fourth-order valence-corrected chi connectivity index (χ4v) is 5.16. The quantitative estimate of drug-likeness (QED) is 0.847. The number of nitrogens with zero attached hydrogens (tertiary/aromatic N) is 2. The lowest BCUT2D eigenvalue weighted by atomic mass is 10.00. The van der Waals surface area contributed by atoms with Gasteiger partial charge in [-0.25, -0.2) is 8.42 Å². The number of anilines is 2. The first-order valence-corrected chi connectivity index (χ1v) is 10.2. The summed E-state index contributed by atoms with van der Waals surface area (Å²) in [6, 6.07) is 9.29. The highest BCUT2D eigenvalue weighted by molar-refractivity contribution is 7.89. The standard InChI is InChI=1S/C18H23N3O3S/c19-16-6-3-7-17-15(16)5-4-10-20(17)13-14-8-9-18(24-14)25(22,23)21-11-1-2-12-21/h3,6-9H,1-2,4-5,10-13,19H2. The van der Waals surface area contributed by atoms with E-state index in [2.05, 4.69) is 11.0 Å². The topological polar surface area (TPSA) is 79.8 Å². The lowest BCUT2D eigenvalue weighted by molar-refractivity contribution is 0.386. The van der Waals surface area contributed by atoms with Crippen LogP contribution in [0.4, 0.5) is 11.4 Å². The fraction of sp³-hybridized carbons (Fsp3) is 0.444. The Morgan fingerprint density at radius 3 is 2.64 bits per heavy atom. The summed E-state index contributed by atoms with van der Waals surface area (Å²) in [5.74, 6) is 0.660. The molecule has 134 valence electrons. The third-order valence-electron chi connectivity index (χ3n) is 5.03. The lowest BCUT2D eigenvalue weighted by Gasteiger charge is -2.31. The maximum Gasteiger partial charge on any atom is 0.276 e. The van der Waals surface area contributed by atoms with Gasteiger partial charge in [-0.1, -0.05) is 6.07 Å². The van der Waals surface area contributed by atoms with Crippen molar-refractivity contribution in [3.05, 3.63) is 41.7 Å². The molecule has 2 aliphatic heterocycles. The van der Waals surface area contributed by atoms with Crippen LogP contribution in [0.25, 0.3) is 0 Å². The van der Waals surface area contributed by atoms with Gasteiger partial charge in [0, 0.05) is 31.0 Å². The Morgan fingerprint density at radius 2 is 1.84 bits per heavy atom. The van der Waals surface area contributed by atoms with Gasteiger partial charge in [0.05, 0.1) is 6.54 Å². The summed E-state index contributed by atoms with van der Waals surface area (Å²) >= 11 is 0. The first-order valence-electron chi connectivity index (χ1n) is 8.77. The summed E-state index contributed by atoms with van der Waals surface area (Å²) < 4.78 is 32.4. The molecule has 25 heavy (non-hydrogen) atoms. The highest BCUT2D eigenvalue weighted by Gasteiger charge is 2.30. The number of hydrogen-bond acceptors (Lipinski definition) is 5. The van der Waals surface area contributed by atoms with Crippen LogP contribution in [-0.2, 0) is 23.0 Å². The monoisotopic (exact) mass is 361 g/mol. The average Bonchev–Trinajstić information content (AvgIpc) is 3.28. The Balaban J connectivity index is 1.56. The number of fused-ring (bicyclic) bond motifs is 1. The molecular formula is C18H23N3O3S. The second kappa shape index (κ2) is 6.38. The van der Waals surface area contributed by atoms with Crippen molar-refractivity contribution in [3.63, 3.8) is 0 Å². The number of furan rings is 1. The predicted molar refractivity (Wildman–Crippen MR) is 96.9 cm³/mol. The summed E-state index contributed by atoms with van der Waals surface area (Å²) in [4.78, 5) is 2.21. The van der Waals surface area contributed by atoms with Gasteiger partial charge in [-0.05, 0) is 55.5 Å². The smallest absolute Gasteiger partial charge is 0.276 e. The zero-order valence-electron chi connectivity index (χ0n) is 14.1. The van der Waals surface area contributed by atoms with Crippen molar-refractivity contribution in [2.45, 2.75) is 37.3 Å². The summed E-state index contributed by atoms with van der Waals surface area (Å²) in [7, 11) is -3.50. The summed E-state index contributed by atoms with van der Waals surface area (Å²) in [6.45, 7) is 2.62. The van der Waals surface area contributed by atoms with Gasteiger partial charge >= 0.3 is 0 Å². The molecule has 0 atom stereocenters. The zero-order chi connectivity index (χ0) is 17.4. The molecule has 0 spiro atoms. The summed E-state index contributed by atoms with van der Waals surface area (Å²) in [6.07, 6.45) is 3.84. The van der Waals surface area contributed by atoms with Crippen molar-refractivity contribution in [1.82, 2.24) is 4.31 Å². The maximum absolute atomic E-state index is 12.6. The van der Waals surface area contributed by atoms with Gasteiger partial charge in [0.2, 0.25) is 5.09 Å². The van der Waals surface area contributed by atoms with Crippen LogP contribution in [0.2, 0.25) is 0 Å². The fourth-order valence-electron chi connectivity index (χ4n) is 3.72. The van der Waals surface area contributed by atoms with Gasteiger partial charge in [0.1, 0.15) is 5.76 Å². The highest BCUT2D eigenvalue weighted by atomic mass is 32.2. The van der Waals surface area contributed by atoms with Crippen LogP contribution in [0, 0.1) is 0 Å². The molecule has 2 aliphatic rings. The van der Waals surface area contributed by atoms with Crippen LogP contribution >= 0.6 is 0 Å². The molecule has 0 radical (unpaired) electrons. The van der Waals surface area contributed by atoms with Crippen molar-refractivity contribution in [2.24, 2.45) is 0 Å². The minimum Gasteiger partial charge on any atom is -0.446 e. The second-order valence-corrected chi connectivity index (χ2v) is 8.57. The van der Waals surface area contributed by atoms with Crippen molar-refractivity contribution < 1.29 is 12.8 Å². The number of hydrogen-bond donors (Lipinski definition) is 1. The van der Waals surface area contributed by atoms with E-state index < -0.39 is 10.0 Å². The van der Waals surface area contributed by atoms with Gasteiger partial charge in [0.25, 0.3) is 10.0 Å². The molecule has 2 aromatic rings. The van der Waals surface area contributed by atoms with E-state index in [9.17, 15) is 8.42 Å². The Bertz CT molecular complexity index is 869. The second-order valence-electron chi connectivity index (χ2n) is 6.70. The predicted octanol–water partition coefficient (Wildman–Crippen LogP) is 2.60. The van der Waals surface area contributed by atoms with Crippen LogP contribution in [-0.4, -0.2) is 32.4 Å². The van der Waals surface area contributed by atoms with Gasteiger partial charge in [0.15, 0.2) is 0 Å². The third-order valence-corrected chi connectivity index (χ3v) is 6.80. The van der Waals surface area contributed by atoms with Gasteiger partial charge in [-0.15, -0.1) is 0 Å². The van der Waals surface area contributed by atoms with E-state index in [1.807, 2.05) is 12.1 Å². The molecule has 1 aromatic carbocycles. The zero-order valence-corrected chi connectivity index (χ0v) is 15.0. The van der Waals surface area contributed by atoms with Crippen LogP contribution in [0.1, 0.15) is 30.6 Å². The van der Waals surface area contributed by atoms with Gasteiger partial charge in [-0.3, -0.25) is 0 Å². The molecule has 4 rings (SSSR count). The Labute approximate surface area is 148 Å². The molecule has 3 heterocycles. The van der Waals surface area contributed by atoms with Crippen molar-refractivity contribution in [1.29, 1.82) is 0 Å². The van der Waals surface area contributed by atoms with E-state index in [4.69, 9.17) is 10.2 Å². The van der Waals surface area contributed by atoms with E-state index >= 15 is 0 Å². The normalized spacial score (nSPS) is 18.5. The molecule has 0 saturated carbocycles.